The quantitative estimate of drug-likeness (QED) is 0.620. The Bertz CT molecular complexity index is 297. The Kier molecular flexibility index (Phi) is 6.34. The number of aliphatic carboxylic acids is 1. The standard InChI is InChI=1S/C12H20N2O2/c1-5-10(13-7-3)9-14-12(4,6-2)8-11(15)16/h5,7,14H,1,3,6,8-9H2,2,4H3,(H,15,16). The van der Waals surface area contributed by atoms with Crippen LogP contribution in [0.4, 0.5) is 0 Å². The maximum Gasteiger partial charge on any atom is 0.305 e. The van der Waals surface area contributed by atoms with Crippen molar-refractivity contribution < 1.29 is 9.90 Å². The van der Waals surface area contributed by atoms with Crippen LogP contribution in [0, 0.1) is 0 Å². The molecular weight excluding hydrogens is 204 g/mol. The van der Waals surface area contributed by atoms with E-state index >= 15 is 0 Å². The highest BCUT2D eigenvalue weighted by Crippen LogP contribution is 2.13. The predicted molar refractivity (Wildman–Crippen MR) is 66.8 cm³/mol. The average Bonchev–Trinajstić information content (AvgIpc) is 2.23. The molecule has 0 fully saturated rings. The Labute approximate surface area is 96.8 Å². The first kappa shape index (κ1) is 14.6. The fourth-order valence-electron chi connectivity index (χ4n) is 1.24. The number of hydrogen-bond donors (Lipinski definition) is 2. The molecule has 4 heteroatoms. The first-order valence-corrected chi connectivity index (χ1v) is 5.24. The lowest BCUT2D eigenvalue weighted by Gasteiger charge is -2.28. The summed E-state index contributed by atoms with van der Waals surface area (Å²) < 4.78 is 0. The minimum Gasteiger partial charge on any atom is -0.481 e. The number of hydrogen-bond acceptors (Lipinski definition) is 3. The van der Waals surface area contributed by atoms with E-state index in [0.717, 1.165) is 12.1 Å². The van der Waals surface area contributed by atoms with Crippen molar-refractivity contribution in [3.63, 3.8) is 0 Å². The zero-order chi connectivity index (χ0) is 12.6. The molecule has 0 aromatic heterocycles. The van der Waals surface area contributed by atoms with Crippen molar-refractivity contribution in [2.75, 3.05) is 6.54 Å². The third-order valence-electron chi connectivity index (χ3n) is 2.51. The maximum absolute atomic E-state index is 10.7. The van der Waals surface area contributed by atoms with Gasteiger partial charge in [-0.05, 0) is 19.4 Å². The first-order chi connectivity index (χ1) is 7.47. The van der Waals surface area contributed by atoms with E-state index in [4.69, 9.17) is 5.11 Å². The average molecular weight is 224 g/mol. The lowest BCUT2D eigenvalue weighted by atomic mass is 9.94. The van der Waals surface area contributed by atoms with Crippen molar-refractivity contribution in [1.29, 1.82) is 0 Å². The zero-order valence-corrected chi connectivity index (χ0v) is 9.99. The van der Waals surface area contributed by atoms with E-state index in [0.29, 0.717) is 6.54 Å². The Balaban J connectivity index is 4.43. The number of carboxylic acid groups (broad SMARTS) is 1. The first-order valence-electron chi connectivity index (χ1n) is 5.24. The van der Waals surface area contributed by atoms with E-state index in [9.17, 15) is 4.79 Å². The Morgan fingerprint density at radius 1 is 1.56 bits per heavy atom. The third kappa shape index (κ3) is 5.46. The monoisotopic (exact) mass is 224 g/mol. The number of nitrogens with one attached hydrogen (secondary N) is 1. The van der Waals surface area contributed by atoms with Gasteiger partial charge in [0.15, 0.2) is 0 Å². The molecule has 2 N–H and O–H groups in total. The molecule has 0 aromatic rings. The Hall–Kier alpha value is -1.42. The molecule has 0 rings (SSSR count). The lowest BCUT2D eigenvalue weighted by Crippen LogP contribution is -2.45. The fourth-order valence-corrected chi connectivity index (χ4v) is 1.24. The minimum atomic E-state index is -0.808. The second-order valence-corrected chi connectivity index (χ2v) is 3.85. The molecule has 0 spiro atoms. The Morgan fingerprint density at radius 2 is 2.19 bits per heavy atom. The summed E-state index contributed by atoms with van der Waals surface area (Å²) in [7, 11) is 0. The van der Waals surface area contributed by atoms with E-state index in [1.165, 1.54) is 6.20 Å². The van der Waals surface area contributed by atoms with Crippen molar-refractivity contribution in [2.45, 2.75) is 32.2 Å². The van der Waals surface area contributed by atoms with Gasteiger partial charge in [0.2, 0.25) is 0 Å². The van der Waals surface area contributed by atoms with Gasteiger partial charge in [0.25, 0.3) is 0 Å². The van der Waals surface area contributed by atoms with E-state index < -0.39 is 11.5 Å². The molecule has 16 heavy (non-hydrogen) atoms. The van der Waals surface area contributed by atoms with Crippen LogP contribution in [0.1, 0.15) is 26.7 Å². The number of nitrogens with zero attached hydrogens (tertiary/aromatic N) is 1. The molecule has 90 valence electrons. The van der Waals surface area contributed by atoms with Crippen LogP contribution < -0.4 is 5.32 Å². The second kappa shape index (κ2) is 6.95. The number of aliphatic imine (C=N–C) groups is 1. The van der Waals surface area contributed by atoms with Crippen molar-refractivity contribution in [3.8, 4) is 0 Å². The molecule has 0 aromatic carbocycles. The summed E-state index contributed by atoms with van der Waals surface area (Å²) in [5, 5.41) is 12.0. The van der Waals surface area contributed by atoms with Crippen molar-refractivity contribution in [2.24, 2.45) is 4.99 Å². The zero-order valence-electron chi connectivity index (χ0n) is 9.99. The van der Waals surface area contributed by atoms with Crippen molar-refractivity contribution in [3.05, 3.63) is 25.4 Å². The van der Waals surface area contributed by atoms with Crippen LogP contribution in [0.25, 0.3) is 0 Å². The van der Waals surface area contributed by atoms with Crippen LogP contribution in [0.2, 0.25) is 0 Å². The van der Waals surface area contributed by atoms with E-state index in [2.05, 4.69) is 23.5 Å². The van der Waals surface area contributed by atoms with E-state index in [1.54, 1.807) is 6.08 Å². The minimum absolute atomic E-state index is 0.0853. The molecule has 0 saturated heterocycles. The molecule has 4 nitrogen and oxygen atoms in total. The summed E-state index contributed by atoms with van der Waals surface area (Å²) in [4.78, 5) is 14.7. The van der Waals surface area contributed by atoms with Crippen molar-refractivity contribution >= 4 is 11.7 Å². The van der Waals surface area contributed by atoms with E-state index in [1.807, 2.05) is 13.8 Å². The van der Waals surface area contributed by atoms with Gasteiger partial charge >= 0.3 is 5.97 Å². The third-order valence-corrected chi connectivity index (χ3v) is 2.51. The van der Waals surface area contributed by atoms with Gasteiger partial charge in [-0.2, -0.15) is 0 Å². The topological polar surface area (TPSA) is 61.7 Å². The molecule has 0 aliphatic heterocycles. The van der Waals surface area contributed by atoms with Gasteiger partial charge in [-0.25, -0.2) is 0 Å². The highest BCUT2D eigenvalue weighted by atomic mass is 16.4. The number of rotatable bonds is 8. The molecule has 0 saturated carbocycles. The van der Waals surface area contributed by atoms with Gasteiger partial charge in [-0.3, -0.25) is 9.79 Å². The van der Waals surface area contributed by atoms with Crippen LogP contribution in [0.15, 0.2) is 30.4 Å². The summed E-state index contributed by atoms with van der Waals surface area (Å²) in [6, 6.07) is 0. The van der Waals surface area contributed by atoms with Crippen LogP contribution >= 0.6 is 0 Å². The summed E-state index contributed by atoms with van der Waals surface area (Å²) >= 11 is 0. The van der Waals surface area contributed by atoms with E-state index in [-0.39, 0.29) is 6.42 Å². The molecule has 0 aliphatic rings. The highest BCUT2D eigenvalue weighted by Gasteiger charge is 2.24. The van der Waals surface area contributed by atoms with Crippen LogP contribution in [0.5, 0.6) is 0 Å². The highest BCUT2D eigenvalue weighted by molar-refractivity contribution is 5.96. The SMILES string of the molecule is C=CN=C(C=C)CNC(C)(CC)CC(=O)O. The van der Waals surface area contributed by atoms with Crippen LogP contribution in [-0.4, -0.2) is 28.9 Å². The normalized spacial score (nSPS) is 15.2. The summed E-state index contributed by atoms with van der Waals surface area (Å²) in [6.07, 6.45) is 3.89. The van der Waals surface area contributed by atoms with Gasteiger partial charge in [0.05, 0.1) is 12.1 Å². The smallest absolute Gasteiger partial charge is 0.305 e. The molecule has 1 atom stereocenters. The van der Waals surface area contributed by atoms with Gasteiger partial charge in [-0.15, -0.1) is 0 Å². The maximum atomic E-state index is 10.7. The fraction of sp³-hybridized carbons (Fsp3) is 0.500. The summed E-state index contributed by atoms with van der Waals surface area (Å²) in [5.41, 5.74) is 0.330. The molecule has 0 heterocycles. The van der Waals surface area contributed by atoms with Crippen LogP contribution in [-0.2, 0) is 4.79 Å². The van der Waals surface area contributed by atoms with Crippen LogP contribution in [0.3, 0.4) is 0 Å². The van der Waals surface area contributed by atoms with Gasteiger partial charge in [0, 0.05) is 18.3 Å². The lowest BCUT2D eigenvalue weighted by molar-refractivity contribution is -0.138. The van der Waals surface area contributed by atoms with Gasteiger partial charge in [-0.1, -0.05) is 20.1 Å². The summed E-state index contributed by atoms with van der Waals surface area (Å²) in [6.45, 7) is 11.5. The second-order valence-electron chi connectivity index (χ2n) is 3.85. The Morgan fingerprint density at radius 3 is 2.56 bits per heavy atom. The van der Waals surface area contributed by atoms with Crippen molar-refractivity contribution in [1.82, 2.24) is 5.32 Å². The molecule has 0 amide bonds. The number of carbonyl (C=O) groups is 1. The molecule has 0 aliphatic carbocycles. The summed E-state index contributed by atoms with van der Waals surface area (Å²) in [5.74, 6) is -0.808. The predicted octanol–water partition coefficient (Wildman–Crippen LogP) is 1.99. The molecular formula is C12H20N2O2. The molecule has 1 unspecified atom stereocenters. The van der Waals surface area contributed by atoms with Gasteiger partial charge in [0.1, 0.15) is 0 Å². The van der Waals surface area contributed by atoms with Gasteiger partial charge < -0.3 is 10.4 Å². The largest absolute Gasteiger partial charge is 0.481 e. The molecule has 0 radical (unpaired) electrons. The number of carboxylic acids is 1. The molecule has 0 bridgehead atoms.